The van der Waals surface area contributed by atoms with Crippen molar-refractivity contribution in [1.82, 2.24) is 19.7 Å². The number of benzene rings is 1. The summed E-state index contributed by atoms with van der Waals surface area (Å²) in [6.07, 6.45) is -0.491. The van der Waals surface area contributed by atoms with Crippen LogP contribution in [0.2, 0.25) is 0 Å². The van der Waals surface area contributed by atoms with E-state index in [1.807, 2.05) is 76.7 Å². The summed E-state index contributed by atoms with van der Waals surface area (Å²) >= 11 is 0. The summed E-state index contributed by atoms with van der Waals surface area (Å²) in [5.41, 5.74) is 4.75. The van der Waals surface area contributed by atoms with E-state index >= 15 is 0 Å². The molecule has 0 saturated carbocycles. The summed E-state index contributed by atoms with van der Waals surface area (Å²) < 4.78 is 12.9. The summed E-state index contributed by atoms with van der Waals surface area (Å²) in [6, 6.07) is 9.71. The molecule has 1 aliphatic heterocycles. The van der Waals surface area contributed by atoms with Crippen molar-refractivity contribution >= 4 is 17.6 Å². The van der Waals surface area contributed by atoms with Crippen molar-refractivity contribution in [2.45, 2.75) is 53.2 Å². The smallest absolute Gasteiger partial charge is 0.412 e. The molecule has 1 aromatic carbocycles. The molecular formula is C26H34N6O3. The van der Waals surface area contributed by atoms with Crippen molar-refractivity contribution in [3.8, 4) is 22.6 Å². The van der Waals surface area contributed by atoms with Gasteiger partial charge in [0.1, 0.15) is 11.4 Å². The van der Waals surface area contributed by atoms with E-state index in [0.29, 0.717) is 24.7 Å². The van der Waals surface area contributed by atoms with Gasteiger partial charge in [0.05, 0.1) is 30.6 Å². The Hall–Kier alpha value is -3.46. The molecule has 35 heavy (non-hydrogen) atoms. The Kier molecular flexibility index (Phi) is 6.80. The topological polar surface area (TPSA) is 94.4 Å². The number of hydrogen-bond acceptors (Lipinski definition) is 7. The standard InChI is InChI=1S/C26H34N6O3/c1-16-15-34-13-12-32(16)22-14-21(23-17(2)30-31(7)18(23)3)28-24(29-22)19-8-10-20(11-9-19)27-25(33)35-26(4,5)6/h8-11,14,16H,12-13,15H2,1-7H3,(H,27,33)/t16-/m1/s1. The summed E-state index contributed by atoms with van der Waals surface area (Å²) in [4.78, 5) is 24.2. The lowest BCUT2D eigenvalue weighted by Crippen LogP contribution is -2.44. The fraction of sp³-hybridized carbons (Fsp3) is 0.462. The molecule has 1 fully saturated rings. The molecule has 0 radical (unpaired) electrons. The van der Waals surface area contributed by atoms with E-state index in [1.165, 1.54) is 0 Å². The fourth-order valence-electron chi connectivity index (χ4n) is 4.17. The van der Waals surface area contributed by atoms with Gasteiger partial charge in [-0.3, -0.25) is 10.00 Å². The number of aryl methyl sites for hydroxylation is 2. The summed E-state index contributed by atoms with van der Waals surface area (Å²) in [5, 5.41) is 7.35. The van der Waals surface area contributed by atoms with Crippen LogP contribution in [0.4, 0.5) is 16.3 Å². The minimum Gasteiger partial charge on any atom is -0.444 e. The second-order valence-corrected chi connectivity index (χ2v) is 9.93. The lowest BCUT2D eigenvalue weighted by Gasteiger charge is -2.34. The summed E-state index contributed by atoms with van der Waals surface area (Å²) in [5.74, 6) is 1.47. The molecule has 1 aliphatic rings. The van der Waals surface area contributed by atoms with Crippen LogP contribution in [0, 0.1) is 13.8 Å². The molecule has 3 aromatic rings. The molecule has 1 N–H and O–H groups in total. The van der Waals surface area contributed by atoms with Crippen molar-refractivity contribution in [3.05, 3.63) is 41.7 Å². The molecule has 3 heterocycles. The van der Waals surface area contributed by atoms with Gasteiger partial charge in [-0.2, -0.15) is 5.10 Å². The average molecular weight is 479 g/mol. The van der Waals surface area contributed by atoms with Crippen LogP contribution in [0.15, 0.2) is 30.3 Å². The third kappa shape index (κ3) is 5.62. The Bertz CT molecular complexity index is 1210. The van der Waals surface area contributed by atoms with Crippen molar-refractivity contribution in [2.75, 3.05) is 30.0 Å². The largest absolute Gasteiger partial charge is 0.444 e. The fourth-order valence-corrected chi connectivity index (χ4v) is 4.17. The zero-order chi connectivity index (χ0) is 25.3. The number of rotatable bonds is 4. The second-order valence-electron chi connectivity index (χ2n) is 9.93. The molecule has 1 saturated heterocycles. The average Bonchev–Trinajstić information content (AvgIpc) is 3.04. The van der Waals surface area contributed by atoms with Crippen molar-refractivity contribution in [1.29, 1.82) is 0 Å². The van der Waals surface area contributed by atoms with Crippen molar-refractivity contribution in [3.63, 3.8) is 0 Å². The van der Waals surface area contributed by atoms with E-state index in [0.717, 1.165) is 40.6 Å². The van der Waals surface area contributed by atoms with Gasteiger partial charge in [-0.1, -0.05) is 0 Å². The molecule has 0 spiro atoms. The predicted octanol–water partition coefficient (Wildman–Crippen LogP) is 4.73. The maximum absolute atomic E-state index is 12.1. The highest BCUT2D eigenvalue weighted by atomic mass is 16.6. The van der Waals surface area contributed by atoms with Gasteiger partial charge in [0.2, 0.25) is 0 Å². The van der Waals surface area contributed by atoms with Gasteiger partial charge in [0, 0.05) is 42.2 Å². The lowest BCUT2D eigenvalue weighted by atomic mass is 10.1. The van der Waals surface area contributed by atoms with E-state index in [1.54, 1.807) is 0 Å². The quantitative estimate of drug-likeness (QED) is 0.579. The first-order valence-corrected chi connectivity index (χ1v) is 11.9. The zero-order valence-electron chi connectivity index (χ0n) is 21.5. The lowest BCUT2D eigenvalue weighted by molar-refractivity contribution is 0.0636. The number of anilines is 2. The first-order chi connectivity index (χ1) is 16.5. The van der Waals surface area contributed by atoms with Crippen LogP contribution >= 0.6 is 0 Å². The molecule has 0 bridgehead atoms. The first kappa shape index (κ1) is 24.7. The Morgan fingerprint density at radius 3 is 2.49 bits per heavy atom. The third-order valence-electron chi connectivity index (χ3n) is 5.93. The molecular weight excluding hydrogens is 444 g/mol. The minimum atomic E-state index is -0.562. The van der Waals surface area contributed by atoms with E-state index < -0.39 is 11.7 Å². The first-order valence-electron chi connectivity index (χ1n) is 11.9. The van der Waals surface area contributed by atoms with Gasteiger partial charge in [0.15, 0.2) is 5.82 Å². The Morgan fingerprint density at radius 1 is 1.17 bits per heavy atom. The Balaban J connectivity index is 1.71. The maximum atomic E-state index is 12.1. The predicted molar refractivity (Wildman–Crippen MR) is 137 cm³/mol. The van der Waals surface area contributed by atoms with Crippen LogP contribution < -0.4 is 10.2 Å². The molecule has 0 aliphatic carbocycles. The zero-order valence-corrected chi connectivity index (χ0v) is 21.5. The number of morpholine rings is 1. The highest BCUT2D eigenvalue weighted by Crippen LogP contribution is 2.31. The molecule has 4 rings (SSSR count). The minimum absolute atomic E-state index is 0.204. The van der Waals surface area contributed by atoms with Crippen LogP contribution in [-0.4, -0.2) is 57.2 Å². The van der Waals surface area contributed by atoms with E-state index in [2.05, 4.69) is 22.2 Å². The molecule has 1 atom stereocenters. The van der Waals surface area contributed by atoms with Crippen molar-refractivity contribution in [2.24, 2.45) is 7.05 Å². The van der Waals surface area contributed by atoms with Crippen LogP contribution in [0.5, 0.6) is 0 Å². The molecule has 2 aromatic heterocycles. The molecule has 1 amide bonds. The number of nitrogens with one attached hydrogen (secondary N) is 1. The SMILES string of the molecule is Cc1nn(C)c(C)c1-c1cc(N2CCOC[C@H]2C)nc(-c2ccc(NC(=O)OC(C)(C)C)cc2)n1. The van der Waals surface area contributed by atoms with Crippen LogP contribution in [0.25, 0.3) is 22.6 Å². The van der Waals surface area contributed by atoms with E-state index in [-0.39, 0.29) is 6.04 Å². The monoisotopic (exact) mass is 478 g/mol. The second kappa shape index (κ2) is 9.65. The van der Waals surface area contributed by atoms with Gasteiger partial charge in [-0.15, -0.1) is 0 Å². The Morgan fingerprint density at radius 2 is 1.89 bits per heavy atom. The number of aromatic nitrogens is 4. The normalized spacial score (nSPS) is 16.3. The van der Waals surface area contributed by atoms with Gasteiger partial charge in [0.25, 0.3) is 0 Å². The number of ether oxygens (including phenoxy) is 2. The van der Waals surface area contributed by atoms with Crippen LogP contribution in [0.3, 0.4) is 0 Å². The van der Waals surface area contributed by atoms with Crippen molar-refractivity contribution < 1.29 is 14.3 Å². The van der Waals surface area contributed by atoms with Gasteiger partial charge in [-0.05, 0) is 65.8 Å². The summed E-state index contributed by atoms with van der Waals surface area (Å²) in [7, 11) is 1.94. The summed E-state index contributed by atoms with van der Waals surface area (Å²) in [6.45, 7) is 13.8. The Labute approximate surface area is 206 Å². The van der Waals surface area contributed by atoms with E-state index in [9.17, 15) is 4.79 Å². The highest BCUT2D eigenvalue weighted by Gasteiger charge is 2.24. The molecule has 9 nitrogen and oxygen atoms in total. The third-order valence-corrected chi connectivity index (χ3v) is 5.93. The van der Waals surface area contributed by atoms with Gasteiger partial charge in [-0.25, -0.2) is 14.8 Å². The van der Waals surface area contributed by atoms with E-state index in [4.69, 9.17) is 19.4 Å². The van der Waals surface area contributed by atoms with Gasteiger partial charge >= 0.3 is 6.09 Å². The molecule has 0 unspecified atom stereocenters. The highest BCUT2D eigenvalue weighted by molar-refractivity contribution is 5.85. The van der Waals surface area contributed by atoms with Crippen LogP contribution in [-0.2, 0) is 16.5 Å². The molecule has 186 valence electrons. The number of carbonyl (C=O) groups is 1. The number of amides is 1. The maximum Gasteiger partial charge on any atom is 0.412 e. The molecule has 9 heteroatoms. The number of hydrogen-bond donors (Lipinski definition) is 1. The van der Waals surface area contributed by atoms with Gasteiger partial charge < -0.3 is 14.4 Å². The number of nitrogens with zero attached hydrogens (tertiary/aromatic N) is 5. The van der Waals surface area contributed by atoms with Crippen LogP contribution in [0.1, 0.15) is 39.1 Å². The number of carbonyl (C=O) groups excluding carboxylic acids is 1.